The van der Waals surface area contributed by atoms with E-state index in [4.69, 9.17) is 5.26 Å². The van der Waals surface area contributed by atoms with Crippen LogP contribution in [0.2, 0.25) is 0 Å². The van der Waals surface area contributed by atoms with Crippen molar-refractivity contribution in [1.29, 1.82) is 5.26 Å². The van der Waals surface area contributed by atoms with Crippen molar-refractivity contribution in [2.75, 3.05) is 0 Å². The van der Waals surface area contributed by atoms with Crippen LogP contribution >= 0.6 is 0 Å². The second-order valence-corrected chi connectivity index (χ2v) is 11.0. The van der Waals surface area contributed by atoms with E-state index in [0.717, 1.165) is 43.4 Å². The predicted molar refractivity (Wildman–Crippen MR) is 124 cm³/mol. The Balaban J connectivity index is 2.08. The zero-order valence-electron chi connectivity index (χ0n) is 20.0. The van der Waals surface area contributed by atoms with Gasteiger partial charge < -0.3 is 5.11 Å². The molecule has 0 aromatic heterocycles. The SMILES string of the molecule is C=C(CCCCC#N)[C@H]1CC[C@@]2(C)C(CC[C@@H]2C(C)CCCC(C)C)[C@@H]1CC(=O)O. The summed E-state index contributed by atoms with van der Waals surface area (Å²) < 4.78 is 0. The highest BCUT2D eigenvalue weighted by atomic mass is 16.4. The lowest BCUT2D eigenvalue weighted by Gasteiger charge is -2.50. The minimum absolute atomic E-state index is 0.234. The van der Waals surface area contributed by atoms with Gasteiger partial charge in [-0.15, -0.1) is 0 Å². The van der Waals surface area contributed by atoms with Crippen molar-refractivity contribution in [3.05, 3.63) is 12.2 Å². The third-order valence-electron chi connectivity index (χ3n) is 8.61. The Hall–Kier alpha value is -1.30. The quantitative estimate of drug-likeness (QED) is 0.263. The molecule has 0 aromatic carbocycles. The highest BCUT2D eigenvalue weighted by Crippen LogP contribution is 2.62. The first kappa shape index (κ1) is 25.0. The van der Waals surface area contributed by atoms with Crippen LogP contribution in [0.25, 0.3) is 0 Å². The summed E-state index contributed by atoms with van der Waals surface area (Å²) in [7, 11) is 0. The number of nitrogens with zero attached hydrogens (tertiary/aromatic N) is 1. The number of rotatable bonds is 12. The van der Waals surface area contributed by atoms with Gasteiger partial charge in [0.25, 0.3) is 0 Å². The van der Waals surface area contributed by atoms with Crippen molar-refractivity contribution < 1.29 is 9.90 Å². The van der Waals surface area contributed by atoms with Crippen molar-refractivity contribution >= 4 is 5.97 Å². The van der Waals surface area contributed by atoms with E-state index in [1.165, 1.54) is 44.1 Å². The van der Waals surface area contributed by atoms with Gasteiger partial charge in [0.15, 0.2) is 0 Å². The third kappa shape index (κ3) is 6.12. The van der Waals surface area contributed by atoms with Crippen LogP contribution in [-0.4, -0.2) is 11.1 Å². The number of fused-ring (bicyclic) bond motifs is 1. The van der Waals surface area contributed by atoms with E-state index in [0.29, 0.717) is 18.3 Å². The van der Waals surface area contributed by atoms with Gasteiger partial charge in [-0.25, -0.2) is 0 Å². The number of carbonyl (C=O) groups is 1. The minimum atomic E-state index is -0.653. The fourth-order valence-electron chi connectivity index (χ4n) is 7.05. The molecule has 0 saturated heterocycles. The molecule has 2 unspecified atom stereocenters. The molecule has 170 valence electrons. The van der Waals surface area contributed by atoms with E-state index in [-0.39, 0.29) is 17.8 Å². The number of nitriles is 1. The smallest absolute Gasteiger partial charge is 0.303 e. The minimum Gasteiger partial charge on any atom is -0.481 e. The van der Waals surface area contributed by atoms with Crippen molar-refractivity contribution in [2.24, 2.45) is 40.9 Å². The van der Waals surface area contributed by atoms with E-state index >= 15 is 0 Å². The van der Waals surface area contributed by atoms with Crippen LogP contribution in [0.4, 0.5) is 0 Å². The monoisotopic (exact) mass is 415 g/mol. The Morgan fingerprint density at radius 2 is 1.90 bits per heavy atom. The van der Waals surface area contributed by atoms with Crippen molar-refractivity contribution in [2.45, 2.75) is 105 Å². The van der Waals surface area contributed by atoms with Gasteiger partial charge in [0, 0.05) is 12.8 Å². The number of carboxylic acids is 1. The summed E-state index contributed by atoms with van der Waals surface area (Å²) in [6, 6.07) is 2.22. The van der Waals surface area contributed by atoms with Crippen LogP contribution in [0.3, 0.4) is 0 Å². The molecule has 2 rings (SSSR count). The molecule has 0 radical (unpaired) electrons. The van der Waals surface area contributed by atoms with Gasteiger partial charge in [-0.2, -0.15) is 5.26 Å². The molecule has 0 bridgehead atoms. The molecule has 3 heteroatoms. The average Bonchev–Trinajstić information content (AvgIpc) is 3.02. The first-order chi connectivity index (χ1) is 14.2. The predicted octanol–water partition coefficient (Wildman–Crippen LogP) is 7.62. The number of allylic oxidation sites excluding steroid dienone is 1. The van der Waals surface area contributed by atoms with E-state index < -0.39 is 5.97 Å². The van der Waals surface area contributed by atoms with Gasteiger partial charge in [0.05, 0.1) is 6.07 Å². The fourth-order valence-corrected chi connectivity index (χ4v) is 7.05. The maximum atomic E-state index is 11.8. The zero-order valence-corrected chi connectivity index (χ0v) is 20.0. The van der Waals surface area contributed by atoms with Crippen LogP contribution in [0.5, 0.6) is 0 Å². The van der Waals surface area contributed by atoms with E-state index in [1.807, 2.05) is 0 Å². The topological polar surface area (TPSA) is 61.1 Å². The molecule has 0 spiro atoms. The molecule has 2 fully saturated rings. The molecule has 0 aromatic rings. The Labute approximate surface area is 185 Å². The summed E-state index contributed by atoms with van der Waals surface area (Å²) in [5.74, 6) is 2.68. The summed E-state index contributed by atoms with van der Waals surface area (Å²) in [6.45, 7) is 14.0. The Morgan fingerprint density at radius 3 is 2.53 bits per heavy atom. The van der Waals surface area contributed by atoms with Crippen LogP contribution in [0.1, 0.15) is 105 Å². The van der Waals surface area contributed by atoms with Crippen molar-refractivity contribution in [1.82, 2.24) is 0 Å². The van der Waals surface area contributed by atoms with Crippen LogP contribution in [0.15, 0.2) is 12.2 Å². The maximum absolute atomic E-state index is 11.8. The Bertz CT molecular complexity index is 619. The standard InChI is InChI=1S/C27H45NO2/c1-19(2)10-9-12-21(4)24-13-14-25-23(18-26(29)30)22(15-16-27(24,25)5)20(3)11-7-6-8-17-28/h19,21-25H,3,6-16,18H2,1-2,4-5H3,(H,29,30)/t21?,22-,23-,24-,25?,27-/m1/s1. The molecule has 6 atom stereocenters. The van der Waals surface area contributed by atoms with Gasteiger partial charge in [0.2, 0.25) is 0 Å². The lowest BCUT2D eigenvalue weighted by atomic mass is 9.54. The molecule has 2 saturated carbocycles. The Kier molecular flexibility index (Phi) is 9.45. The molecular formula is C27H45NO2. The number of hydrogen-bond acceptors (Lipinski definition) is 2. The molecule has 0 aliphatic heterocycles. The first-order valence-corrected chi connectivity index (χ1v) is 12.5. The maximum Gasteiger partial charge on any atom is 0.303 e. The molecule has 3 nitrogen and oxygen atoms in total. The summed E-state index contributed by atoms with van der Waals surface area (Å²) in [5, 5.41) is 18.5. The number of carboxylic acid groups (broad SMARTS) is 1. The molecule has 2 aliphatic rings. The largest absolute Gasteiger partial charge is 0.481 e. The average molecular weight is 416 g/mol. The first-order valence-electron chi connectivity index (χ1n) is 12.5. The van der Waals surface area contributed by atoms with E-state index in [9.17, 15) is 9.90 Å². The summed E-state index contributed by atoms with van der Waals surface area (Å²) in [4.78, 5) is 11.8. The van der Waals surface area contributed by atoms with E-state index in [2.05, 4.69) is 40.3 Å². The van der Waals surface area contributed by atoms with Gasteiger partial charge in [-0.05, 0) is 85.9 Å². The molecular weight excluding hydrogens is 370 g/mol. The highest BCUT2D eigenvalue weighted by Gasteiger charge is 2.55. The lowest BCUT2D eigenvalue weighted by Crippen LogP contribution is -2.44. The second-order valence-electron chi connectivity index (χ2n) is 11.0. The lowest BCUT2D eigenvalue weighted by molar-refractivity contribution is -0.140. The number of unbranched alkanes of at least 4 members (excludes halogenated alkanes) is 2. The van der Waals surface area contributed by atoms with Crippen molar-refractivity contribution in [3.8, 4) is 6.07 Å². The zero-order chi connectivity index (χ0) is 22.3. The molecule has 0 amide bonds. The summed E-state index contributed by atoms with van der Waals surface area (Å²) in [6.07, 6.45) is 12.5. The number of hydrogen-bond donors (Lipinski definition) is 1. The van der Waals surface area contributed by atoms with Crippen LogP contribution in [0, 0.1) is 52.3 Å². The van der Waals surface area contributed by atoms with Crippen LogP contribution in [-0.2, 0) is 4.79 Å². The number of aliphatic carboxylic acids is 1. The second kappa shape index (κ2) is 11.4. The van der Waals surface area contributed by atoms with Crippen molar-refractivity contribution in [3.63, 3.8) is 0 Å². The molecule has 1 N–H and O–H groups in total. The third-order valence-corrected chi connectivity index (χ3v) is 8.61. The molecule has 30 heavy (non-hydrogen) atoms. The highest BCUT2D eigenvalue weighted by molar-refractivity contribution is 5.67. The van der Waals surface area contributed by atoms with Gasteiger partial charge in [0.1, 0.15) is 0 Å². The normalized spacial score (nSPS) is 31.9. The fraction of sp³-hybridized carbons (Fsp3) is 0.852. The van der Waals surface area contributed by atoms with Gasteiger partial charge >= 0.3 is 5.97 Å². The summed E-state index contributed by atoms with van der Waals surface area (Å²) in [5.41, 5.74) is 1.53. The van der Waals surface area contributed by atoms with E-state index in [1.54, 1.807) is 0 Å². The summed E-state index contributed by atoms with van der Waals surface area (Å²) >= 11 is 0. The molecule has 2 aliphatic carbocycles. The van der Waals surface area contributed by atoms with Crippen LogP contribution < -0.4 is 0 Å². The Morgan fingerprint density at radius 1 is 1.17 bits per heavy atom. The molecule has 0 heterocycles. The van der Waals surface area contributed by atoms with Gasteiger partial charge in [-0.3, -0.25) is 4.79 Å². The van der Waals surface area contributed by atoms with Gasteiger partial charge in [-0.1, -0.05) is 59.1 Å².